The molecule has 0 saturated carbocycles. The summed E-state index contributed by atoms with van der Waals surface area (Å²) in [6, 6.07) is -0.976. The zero-order valence-electron chi connectivity index (χ0n) is 15.5. The summed E-state index contributed by atoms with van der Waals surface area (Å²) in [5.74, 6) is 1.48. The standard InChI is InChI=1S/C16H28N4O4S/c1-11(2)8-20-13(17-10-18-20)9-25-7-6-12(14(21)22)19-15(23)24-16(3,4)5/h10-12H,6-9H2,1-5H3,(H,19,23)(H,21,22). The molecule has 0 radical (unpaired) electrons. The van der Waals surface area contributed by atoms with E-state index in [1.54, 1.807) is 32.5 Å². The van der Waals surface area contributed by atoms with Gasteiger partial charge >= 0.3 is 12.1 Å². The van der Waals surface area contributed by atoms with Crippen LogP contribution < -0.4 is 5.32 Å². The second-order valence-electron chi connectivity index (χ2n) is 7.13. The summed E-state index contributed by atoms with van der Waals surface area (Å²) in [5, 5.41) is 15.8. The third-order valence-electron chi connectivity index (χ3n) is 3.00. The van der Waals surface area contributed by atoms with Gasteiger partial charge in [0, 0.05) is 6.54 Å². The molecule has 25 heavy (non-hydrogen) atoms. The monoisotopic (exact) mass is 372 g/mol. The quantitative estimate of drug-likeness (QED) is 0.642. The number of thioether (sulfide) groups is 1. The van der Waals surface area contributed by atoms with Gasteiger partial charge in [0.25, 0.3) is 0 Å². The summed E-state index contributed by atoms with van der Waals surface area (Å²) in [6.07, 6.45) is 1.11. The van der Waals surface area contributed by atoms with Crippen LogP contribution in [-0.4, -0.2) is 49.3 Å². The highest BCUT2D eigenvalue weighted by atomic mass is 32.2. The average molecular weight is 372 g/mol. The Hall–Kier alpha value is -1.77. The molecule has 1 rings (SSSR count). The van der Waals surface area contributed by atoms with Gasteiger partial charge in [0.1, 0.15) is 23.8 Å². The van der Waals surface area contributed by atoms with E-state index in [2.05, 4.69) is 29.2 Å². The van der Waals surface area contributed by atoms with Gasteiger partial charge in [-0.2, -0.15) is 16.9 Å². The van der Waals surface area contributed by atoms with Crippen molar-refractivity contribution in [1.82, 2.24) is 20.1 Å². The highest BCUT2D eigenvalue weighted by molar-refractivity contribution is 7.98. The molecule has 0 aromatic carbocycles. The maximum absolute atomic E-state index is 11.7. The minimum absolute atomic E-state index is 0.303. The lowest BCUT2D eigenvalue weighted by Gasteiger charge is -2.21. The number of carboxylic acid groups (broad SMARTS) is 1. The number of aliphatic carboxylic acids is 1. The van der Waals surface area contributed by atoms with E-state index >= 15 is 0 Å². The molecular formula is C16H28N4O4S. The van der Waals surface area contributed by atoms with E-state index in [4.69, 9.17) is 4.74 Å². The lowest BCUT2D eigenvalue weighted by molar-refractivity contribution is -0.139. The molecule has 1 atom stereocenters. The molecule has 0 bridgehead atoms. The molecule has 1 unspecified atom stereocenters. The van der Waals surface area contributed by atoms with Crippen LogP contribution in [0.2, 0.25) is 0 Å². The van der Waals surface area contributed by atoms with Gasteiger partial charge in [-0.1, -0.05) is 13.8 Å². The molecule has 1 aromatic rings. The number of hydrogen-bond donors (Lipinski definition) is 2. The molecule has 0 aliphatic rings. The first-order valence-electron chi connectivity index (χ1n) is 8.25. The normalized spacial score (nSPS) is 12.9. The number of alkyl carbamates (subject to hydrolysis) is 1. The van der Waals surface area contributed by atoms with Crippen molar-refractivity contribution in [2.75, 3.05) is 5.75 Å². The van der Waals surface area contributed by atoms with Crippen LogP contribution in [0.25, 0.3) is 0 Å². The SMILES string of the molecule is CC(C)Cn1ncnc1CSCCC(NC(=O)OC(C)(C)C)C(=O)O. The summed E-state index contributed by atoms with van der Waals surface area (Å²) >= 11 is 1.56. The minimum atomic E-state index is -1.07. The van der Waals surface area contributed by atoms with Gasteiger partial charge in [-0.15, -0.1) is 0 Å². The molecule has 1 amide bonds. The Bertz CT molecular complexity index is 569. The Morgan fingerprint density at radius 1 is 1.40 bits per heavy atom. The summed E-state index contributed by atoms with van der Waals surface area (Å²) in [4.78, 5) is 27.2. The zero-order chi connectivity index (χ0) is 19.0. The Morgan fingerprint density at radius 2 is 2.08 bits per heavy atom. The van der Waals surface area contributed by atoms with E-state index in [9.17, 15) is 14.7 Å². The number of carbonyl (C=O) groups is 2. The Labute approximate surface area is 152 Å². The van der Waals surface area contributed by atoms with E-state index < -0.39 is 23.7 Å². The maximum Gasteiger partial charge on any atom is 0.408 e. The topological polar surface area (TPSA) is 106 Å². The molecule has 2 N–H and O–H groups in total. The highest BCUT2D eigenvalue weighted by Crippen LogP contribution is 2.14. The number of rotatable bonds is 9. The second-order valence-corrected chi connectivity index (χ2v) is 8.24. The number of hydrogen-bond acceptors (Lipinski definition) is 6. The molecule has 9 heteroatoms. The molecule has 0 saturated heterocycles. The van der Waals surface area contributed by atoms with Crippen LogP contribution >= 0.6 is 11.8 Å². The van der Waals surface area contributed by atoms with E-state index in [1.165, 1.54) is 6.33 Å². The van der Waals surface area contributed by atoms with E-state index in [1.807, 2.05) is 4.68 Å². The highest BCUT2D eigenvalue weighted by Gasteiger charge is 2.23. The third kappa shape index (κ3) is 8.76. The van der Waals surface area contributed by atoms with Crippen molar-refractivity contribution in [3.63, 3.8) is 0 Å². The Kier molecular flexibility index (Phi) is 8.21. The van der Waals surface area contributed by atoms with Crippen molar-refractivity contribution in [1.29, 1.82) is 0 Å². The van der Waals surface area contributed by atoms with Crippen molar-refractivity contribution in [2.24, 2.45) is 5.92 Å². The van der Waals surface area contributed by atoms with Crippen LogP contribution in [0.4, 0.5) is 4.79 Å². The lowest BCUT2D eigenvalue weighted by Crippen LogP contribution is -2.43. The molecule has 0 fully saturated rings. The van der Waals surface area contributed by atoms with Crippen molar-refractivity contribution in [3.8, 4) is 0 Å². The summed E-state index contributed by atoms with van der Waals surface area (Å²) < 4.78 is 6.96. The number of nitrogens with zero attached hydrogens (tertiary/aromatic N) is 3. The number of amides is 1. The predicted molar refractivity (Wildman–Crippen MR) is 96.4 cm³/mol. The molecule has 8 nitrogen and oxygen atoms in total. The maximum atomic E-state index is 11.7. The van der Waals surface area contributed by atoms with Gasteiger partial charge in [-0.3, -0.25) is 0 Å². The molecule has 1 aromatic heterocycles. The summed E-state index contributed by atoms with van der Waals surface area (Å²) in [7, 11) is 0. The first-order chi connectivity index (χ1) is 11.6. The number of aromatic nitrogens is 3. The number of ether oxygens (including phenoxy) is 1. The fraction of sp³-hybridized carbons (Fsp3) is 0.750. The van der Waals surface area contributed by atoms with Gasteiger partial charge in [0.15, 0.2) is 0 Å². The predicted octanol–water partition coefficient (Wildman–Crippen LogP) is 2.54. The largest absolute Gasteiger partial charge is 0.480 e. The smallest absolute Gasteiger partial charge is 0.408 e. The van der Waals surface area contributed by atoms with Crippen molar-refractivity contribution >= 4 is 23.8 Å². The van der Waals surface area contributed by atoms with Crippen LogP contribution in [0.1, 0.15) is 46.9 Å². The molecule has 0 spiro atoms. The van der Waals surface area contributed by atoms with Crippen molar-refractivity contribution < 1.29 is 19.4 Å². The Balaban J connectivity index is 2.42. The van der Waals surface area contributed by atoms with Gasteiger partial charge in [0.2, 0.25) is 0 Å². The first-order valence-corrected chi connectivity index (χ1v) is 9.40. The molecule has 0 aliphatic carbocycles. The molecular weight excluding hydrogens is 344 g/mol. The van der Waals surface area contributed by atoms with Crippen molar-refractivity contribution in [3.05, 3.63) is 12.2 Å². The van der Waals surface area contributed by atoms with Crippen LogP contribution in [0.15, 0.2) is 6.33 Å². The molecule has 142 valence electrons. The second kappa shape index (κ2) is 9.65. The number of carbonyl (C=O) groups excluding carboxylic acids is 1. The Morgan fingerprint density at radius 3 is 2.64 bits per heavy atom. The fourth-order valence-corrected chi connectivity index (χ4v) is 2.92. The fourth-order valence-electron chi connectivity index (χ4n) is 1.97. The van der Waals surface area contributed by atoms with E-state index in [0.717, 1.165) is 12.4 Å². The van der Waals surface area contributed by atoms with Crippen LogP contribution in [0.5, 0.6) is 0 Å². The summed E-state index contributed by atoms with van der Waals surface area (Å²) in [6.45, 7) is 10.2. The zero-order valence-corrected chi connectivity index (χ0v) is 16.3. The minimum Gasteiger partial charge on any atom is -0.480 e. The lowest BCUT2D eigenvalue weighted by atomic mass is 10.2. The number of carboxylic acids is 1. The molecule has 0 aliphatic heterocycles. The molecule has 1 heterocycles. The van der Waals surface area contributed by atoms with E-state index in [0.29, 0.717) is 23.8 Å². The van der Waals surface area contributed by atoms with Gasteiger partial charge in [0.05, 0.1) is 5.75 Å². The third-order valence-corrected chi connectivity index (χ3v) is 3.99. The van der Waals surface area contributed by atoms with Crippen molar-refractivity contribution in [2.45, 2.75) is 65.0 Å². The van der Waals surface area contributed by atoms with Gasteiger partial charge in [-0.05, 0) is 38.9 Å². The van der Waals surface area contributed by atoms with Crippen LogP contribution in [-0.2, 0) is 21.8 Å². The average Bonchev–Trinajstić information content (AvgIpc) is 2.86. The van der Waals surface area contributed by atoms with Crippen LogP contribution in [0.3, 0.4) is 0 Å². The van der Waals surface area contributed by atoms with Crippen LogP contribution in [0, 0.1) is 5.92 Å². The van der Waals surface area contributed by atoms with E-state index in [-0.39, 0.29) is 0 Å². The van der Waals surface area contributed by atoms with Gasteiger partial charge < -0.3 is 15.2 Å². The summed E-state index contributed by atoms with van der Waals surface area (Å²) in [5.41, 5.74) is -0.664. The number of nitrogens with one attached hydrogen (secondary N) is 1. The van der Waals surface area contributed by atoms with Gasteiger partial charge in [-0.25, -0.2) is 19.3 Å². The first kappa shape index (κ1) is 21.3.